The van der Waals surface area contributed by atoms with Gasteiger partial charge in [0.15, 0.2) is 0 Å². The van der Waals surface area contributed by atoms with Gasteiger partial charge in [-0.05, 0) is 62.7 Å². The number of hydrogen-bond acceptors (Lipinski definition) is 5. The maximum absolute atomic E-state index is 14.9. The van der Waals surface area contributed by atoms with Crippen LogP contribution in [0.4, 0.5) is 17.6 Å². The number of benzene rings is 1. The van der Waals surface area contributed by atoms with Crippen LogP contribution in [-0.4, -0.2) is 30.8 Å². The molecule has 0 aliphatic carbocycles. The topological polar surface area (TPSA) is 94.0 Å². The molecule has 1 unspecified atom stereocenters. The molecule has 194 valence electrons. The van der Waals surface area contributed by atoms with Crippen molar-refractivity contribution in [2.24, 2.45) is 0 Å². The van der Waals surface area contributed by atoms with Crippen molar-refractivity contribution in [2.75, 3.05) is 0 Å². The lowest BCUT2D eigenvalue weighted by Crippen LogP contribution is -2.19. The summed E-state index contributed by atoms with van der Waals surface area (Å²) in [5.41, 5.74) is -0.288. The third-order valence-electron chi connectivity index (χ3n) is 6.37. The maximum Gasteiger partial charge on any atom is 0.432 e. The zero-order valence-corrected chi connectivity index (χ0v) is 20.3. The molecule has 0 amide bonds. The smallest absolute Gasteiger partial charge is 0.432 e. The van der Waals surface area contributed by atoms with E-state index in [1.165, 1.54) is 12.4 Å². The summed E-state index contributed by atoms with van der Waals surface area (Å²) in [7, 11) is 0. The minimum absolute atomic E-state index is 0.0717. The molecule has 4 aromatic heterocycles. The number of carboxylic acid groups (broad SMARTS) is 1. The molecule has 5 aromatic rings. The average molecular weight is 524 g/mol. The monoisotopic (exact) mass is 524 g/mol. The van der Waals surface area contributed by atoms with Crippen molar-refractivity contribution in [1.82, 2.24) is 19.7 Å². The number of alkyl halides is 3. The Morgan fingerprint density at radius 2 is 1.82 bits per heavy atom. The summed E-state index contributed by atoms with van der Waals surface area (Å²) in [6.07, 6.45) is -2.05. The Hall–Kier alpha value is -4.54. The first kappa shape index (κ1) is 25.1. The molecule has 5 rings (SSSR count). The van der Waals surface area contributed by atoms with Crippen LogP contribution in [0.2, 0.25) is 0 Å². The second-order valence-corrected chi connectivity index (χ2v) is 8.85. The number of carbonyl (C=O) groups is 1. The van der Waals surface area contributed by atoms with Gasteiger partial charge in [-0.25, -0.2) is 9.18 Å². The SMILES string of the molecule is Cc1noc(C)c1-c1cnc2c(-c3cc(F)cc(C(=O)O)c3)c(C(F)(F)F)n(C(C)c3ccccn3)c2c1. The number of aromatic nitrogens is 4. The first-order valence-electron chi connectivity index (χ1n) is 11.5. The normalized spacial score (nSPS) is 12.7. The van der Waals surface area contributed by atoms with Gasteiger partial charge in [-0.1, -0.05) is 11.2 Å². The van der Waals surface area contributed by atoms with Gasteiger partial charge in [0.1, 0.15) is 17.3 Å². The molecular weight excluding hydrogens is 504 g/mol. The summed E-state index contributed by atoms with van der Waals surface area (Å²) in [6, 6.07) is 8.17. The summed E-state index contributed by atoms with van der Waals surface area (Å²) < 4.78 is 65.4. The van der Waals surface area contributed by atoms with Gasteiger partial charge < -0.3 is 14.2 Å². The molecule has 1 N–H and O–H groups in total. The molecule has 38 heavy (non-hydrogen) atoms. The van der Waals surface area contributed by atoms with Gasteiger partial charge in [0, 0.05) is 29.1 Å². The van der Waals surface area contributed by atoms with Gasteiger partial charge in [0.25, 0.3) is 0 Å². The molecule has 0 saturated carbocycles. The van der Waals surface area contributed by atoms with Crippen LogP contribution in [-0.2, 0) is 6.18 Å². The molecule has 1 atom stereocenters. The second-order valence-electron chi connectivity index (χ2n) is 8.85. The minimum Gasteiger partial charge on any atom is -0.478 e. The molecule has 11 heteroatoms. The van der Waals surface area contributed by atoms with Crippen LogP contribution in [0.3, 0.4) is 0 Å². The average Bonchev–Trinajstić information content (AvgIpc) is 3.39. The summed E-state index contributed by atoms with van der Waals surface area (Å²) in [4.78, 5) is 20.2. The third kappa shape index (κ3) is 4.19. The highest BCUT2D eigenvalue weighted by Crippen LogP contribution is 2.46. The lowest BCUT2D eigenvalue weighted by molar-refractivity contribution is -0.143. The second kappa shape index (κ2) is 9.09. The molecule has 1 aromatic carbocycles. The van der Waals surface area contributed by atoms with Crippen molar-refractivity contribution in [1.29, 1.82) is 0 Å². The quantitative estimate of drug-likeness (QED) is 0.253. The van der Waals surface area contributed by atoms with Crippen LogP contribution in [0, 0.1) is 19.7 Å². The third-order valence-corrected chi connectivity index (χ3v) is 6.37. The Kier molecular flexibility index (Phi) is 6.01. The van der Waals surface area contributed by atoms with E-state index >= 15 is 0 Å². The van der Waals surface area contributed by atoms with Crippen molar-refractivity contribution in [3.63, 3.8) is 0 Å². The van der Waals surface area contributed by atoms with Crippen molar-refractivity contribution in [3.8, 4) is 22.3 Å². The predicted molar refractivity (Wildman–Crippen MR) is 130 cm³/mol. The zero-order chi connectivity index (χ0) is 27.4. The van der Waals surface area contributed by atoms with E-state index in [4.69, 9.17) is 4.52 Å². The summed E-state index contributed by atoms with van der Waals surface area (Å²) in [5.74, 6) is -2.00. The van der Waals surface area contributed by atoms with E-state index in [2.05, 4.69) is 15.1 Å². The van der Waals surface area contributed by atoms with Gasteiger partial charge in [0.2, 0.25) is 0 Å². The lowest BCUT2D eigenvalue weighted by atomic mass is 10.0. The minimum atomic E-state index is -4.92. The number of aromatic carboxylic acids is 1. The Balaban J connectivity index is 1.92. The van der Waals surface area contributed by atoms with Crippen LogP contribution < -0.4 is 0 Å². The van der Waals surface area contributed by atoms with Crippen molar-refractivity contribution in [2.45, 2.75) is 33.0 Å². The number of rotatable bonds is 5. The Morgan fingerprint density at radius 1 is 1.05 bits per heavy atom. The Labute approximate surface area is 213 Å². The number of nitrogens with zero attached hydrogens (tertiary/aromatic N) is 4. The van der Waals surface area contributed by atoms with Crippen molar-refractivity contribution >= 4 is 17.0 Å². The lowest BCUT2D eigenvalue weighted by Gasteiger charge is -2.21. The molecule has 7 nitrogen and oxygen atoms in total. The van der Waals surface area contributed by atoms with Crippen LogP contribution >= 0.6 is 0 Å². The Bertz CT molecular complexity index is 1670. The summed E-state index contributed by atoms with van der Waals surface area (Å²) >= 11 is 0. The number of fused-ring (bicyclic) bond motifs is 1. The molecule has 0 aliphatic heterocycles. The van der Waals surface area contributed by atoms with E-state index in [-0.39, 0.29) is 16.6 Å². The van der Waals surface area contributed by atoms with E-state index in [9.17, 15) is 27.5 Å². The van der Waals surface area contributed by atoms with Gasteiger partial charge >= 0.3 is 12.1 Å². The molecule has 4 heterocycles. The predicted octanol–water partition coefficient (Wildman–Crippen LogP) is 6.84. The number of halogens is 4. The highest BCUT2D eigenvalue weighted by molar-refractivity contribution is 5.99. The molecule has 0 bridgehead atoms. The highest BCUT2D eigenvalue weighted by atomic mass is 19.4. The van der Waals surface area contributed by atoms with Crippen molar-refractivity contribution in [3.05, 3.63) is 89.1 Å². The van der Waals surface area contributed by atoms with E-state index in [1.54, 1.807) is 45.0 Å². The van der Waals surface area contributed by atoms with Gasteiger partial charge in [-0.2, -0.15) is 13.2 Å². The molecule has 0 fully saturated rings. The molecule has 0 spiro atoms. The highest BCUT2D eigenvalue weighted by Gasteiger charge is 2.42. The standard InChI is InChI=1S/C27H20F4N4O3/c1-13-22(15(3)38-34-13)18-11-21-24(33-12-18)23(16-8-17(26(36)37)10-19(28)9-16)25(27(29,30)31)35(21)14(2)20-6-4-5-7-32-20/h4-12,14H,1-3H3,(H,36,37). The fourth-order valence-electron chi connectivity index (χ4n) is 4.78. The van der Waals surface area contributed by atoms with Crippen LogP contribution in [0.5, 0.6) is 0 Å². The van der Waals surface area contributed by atoms with Gasteiger partial charge in [-0.3, -0.25) is 9.97 Å². The largest absolute Gasteiger partial charge is 0.478 e. The van der Waals surface area contributed by atoms with E-state index in [0.717, 1.165) is 22.8 Å². The van der Waals surface area contributed by atoms with Crippen LogP contribution in [0.25, 0.3) is 33.3 Å². The summed E-state index contributed by atoms with van der Waals surface area (Å²) in [6.45, 7) is 4.96. The van der Waals surface area contributed by atoms with Crippen LogP contribution in [0.1, 0.15) is 46.2 Å². The number of carboxylic acids is 1. The number of pyridine rings is 2. The van der Waals surface area contributed by atoms with Gasteiger partial charge in [0.05, 0.1) is 34.0 Å². The molecule has 0 saturated heterocycles. The fourth-order valence-corrected chi connectivity index (χ4v) is 4.78. The molecule has 0 radical (unpaired) electrons. The first-order chi connectivity index (χ1) is 18.0. The maximum atomic E-state index is 14.9. The van der Waals surface area contributed by atoms with E-state index < -0.39 is 40.8 Å². The summed E-state index contributed by atoms with van der Waals surface area (Å²) in [5, 5.41) is 13.4. The molecule has 0 aliphatic rings. The van der Waals surface area contributed by atoms with Crippen LogP contribution in [0.15, 0.2) is 59.4 Å². The number of hydrogen-bond donors (Lipinski definition) is 1. The van der Waals surface area contributed by atoms with E-state index in [0.29, 0.717) is 28.3 Å². The molecular formula is C27H20F4N4O3. The number of aryl methyl sites for hydroxylation is 2. The van der Waals surface area contributed by atoms with Gasteiger partial charge in [-0.15, -0.1) is 0 Å². The fraction of sp³-hybridized carbons (Fsp3) is 0.185. The zero-order valence-electron chi connectivity index (χ0n) is 20.3. The first-order valence-corrected chi connectivity index (χ1v) is 11.5. The Morgan fingerprint density at radius 3 is 2.42 bits per heavy atom. The van der Waals surface area contributed by atoms with Crippen molar-refractivity contribution < 1.29 is 32.0 Å². The van der Waals surface area contributed by atoms with E-state index in [1.807, 2.05) is 0 Å².